The van der Waals surface area contributed by atoms with Crippen LogP contribution < -0.4 is 10.9 Å². The van der Waals surface area contributed by atoms with E-state index in [2.05, 4.69) is 10.4 Å². The number of rotatable bonds is 2. The molecule has 0 bridgehead atoms. The minimum atomic E-state index is -0.451. The number of aromatic nitrogens is 2. The van der Waals surface area contributed by atoms with Gasteiger partial charge in [0.25, 0.3) is 5.56 Å². The predicted octanol–water partition coefficient (Wildman–Crippen LogP) is 3.44. The van der Waals surface area contributed by atoms with Crippen molar-refractivity contribution in [3.63, 3.8) is 0 Å². The van der Waals surface area contributed by atoms with Crippen LogP contribution in [0.2, 0.25) is 0 Å². The van der Waals surface area contributed by atoms with Gasteiger partial charge >= 0.3 is 0 Å². The second-order valence-corrected chi connectivity index (χ2v) is 7.20. The number of nitrogens with zero attached hydrogens (tertiary/aromatic N) is 1. The molecule has 0 fully saturated rings. The van der Waals surface area contributed by atoms with Crippen molar-refractivity contribution in [2.45, 2.75) is 25.2 Å². The molecule has 28 heavy (non-hydrogen) atoms. The number of aromatic hydroxyl groups is 1. The van der Waals surface area contributed by atoms with Gasteiger partial charge in [0.1, 0.15) is 11.6 Å². The fourth-order valence-electron chi connectivity index (χ4n) is 4.20. The summed E-state index contributed by atoms with van der Waals surface area (Å²) in [5, 5.41) is 16.2. The number of hydrogen-bond donors (Lipinski definition) is 3. The lowest BCUT2D eigenvalue weighted by Crippen LogP contribution is -2.29. The molecule has 1 unspecified atom stereocenters. The Labute approximate surface area is 161 Å². The average Bonchev–Trinajstić information content (AvgIpc) is 3.04. The molecule has 1 aliphatic heterocycles. The highest BCUT2D eigenvalue weighted by Crippen LogP contribution is 2.43. The van der Waals surface area contributed by atoms with E-state index in [1.807, 2.05) is 30.3 Å². The van der Waals surface area contributed by atoms with Gasteiger partial charge in [0.05, 0.1) is 11.3 Å². The van der Waals surface area contributed by atoms with Gasteiger partial charge in [-0.05, 0) is 42.7 Å². The van der Waals surface area contributed by atoms with E-state index in [1.165, 1.54) is 4.68 Å². The average molecular weight is 373 g/mol. The molecule has 2 aromatic carbocycles. The molecule has 1 atom stereocenters. The Morgan fingerprint density at radius 1 is 0.964 bits per heavy atom. The molecule has 6 nitrogen and oxygen atoms in total. The lowest BCUT2D eigenvalue weighted by Gasteiger charge is -2.31. The highest BCUT2D eigenvalue weighted by molar-refractivity contribution is 6.00. The van der Waals surface area contributed by atoms with Crippen LogP contribution in [0.3, 0.4) is 0 Å². The molecule has 0 saturated carbocycles. The molecule has 5 rings (SSSR count). The van der Waals surface area contributed by atoms with Crippen molar-refractivity contribution in [2.75, 3.05) is 5.32 Å². The van der Waals surface area contributed by atoms with Gasteiger partial charge < -0.3 is 10.4 Å². The molecule has 2 aliphatic rings. The molecule has 0 spiro atoms. The lowest BCUT2D eigenvalue weighted by atomic mass is 9.77. The molecule has 0 amide bonds. The van der Waals surface area contributed by atoms with E-state index in [4.69, 9.17) is 0 Å². The Balaban J connectivity index is 1.75. The summed E-state index contributed by atoms with van der Waals surface area (Å²) < 4.78 is 1.51. The molecular weight excluding hydrogens is 354 g/mol. The van der Waals surface area contributed by atoms with E-state index in [0.717, 1.165) is 29.8 Å². The van der Waals surface area contributed by atoms with Gasteiger partial charge in [-0.25, -0.2) is 4.68 Å². The molecule has 6 heteroatoms. The summed E-state index contributed by atoms with van der Waals surface area (Å²) in [5.41, 5.74) is 3.45. The first-order valence-electron chi connectivity index (χ1n) is 9.36. The number of hydrogen-bond acceptors (Lipinski definition) is 4. The number of phenols is 1. The molecule has 3 aromatic rings. The molecule has 0 saturated heterocycles. The maximum absolute atomic E-state index is 13.4. The zero-order chi connectivity index (χ0) is 19.3. The third kappa shape index (κ3) is 2.49. The number of carbonyl (C=O) groups is 1. The van der Waals surface area contributed by atoms with Gasteiger partial charge in [0, 0.05) is 23.6 Å². The van der Waals surface area contributed by atoms with Gasteiger partial charge in [-0.3, -0.25) is 14.7 Å². The topological polar surface area (TPSA) is 87.1 Å². The first-order chi connectivity index (χ1) is 13.6. The third-order valence-electron chi connectivity index (χ3n) is 5.48. The largest absolute Gasteiger partial charge is 0.508 e. The summed E-state index contributed by atoms with van der Waals surface area (Å²) in [4.78, 5) is 26.2. The Bertz CT molecular complexity index is 1150. The second-order valence-electron chi connectivity index (χ2n) is 7.20. The van der Waals surface area contributed by atoms with Gasteiger partial charge in [-0.1, -0.05) is 30.3 Å². The molecular formula is C22H19N3O3. The van der Waals surface area contributed by atoms with Crippen LogP contribution in [0.25, 0.3) is 5.69 Å². The van der Waals surface area contributed by atoms with E-state index < -0.39 is 5.92 Å². The first kappa shape index (κ1) is 16.6. The van der Waals surface area contributed by atoms with Gasteiger partial charge in [0.15, 0.2) is 5.78 Å². The summed E-state index contributed by atoms with van der Waals surface area (Å²) in [6, 6.07) is 16.1. The van der Waals surface area contributed by atoms with Crippen LogP contribution in [0.4, 0.5) is 5.82 Å². The number of fused-ring (bicyclic) bond motifs is 1. The smallest absolute Gasteiger partial charge is 0.277 e. The molecule has 1 aromatic heterocycles. The van der Waals surface area contributed by atoms with Crippen molar-refractivity contribution in [2.24, 2.45) is 0 Å². The van der Waals surface area contributed by atoms with E-state index in [1.54, 1.807) is 24.3 Å². The summed E-state index contributed by atoms with van der Waals surface area (Å²) in [6.45, 7) is 0. The number of para-hydroxylation sites is 1. The van der Waals surface area contributed by atoms with Crippen molar-refractivity contribution < 1.29 is 9.90 Å². The molecule has 0 radical (unpaired) electrons. The van der Waals surface area contributed by atoms with Crippen molar-refractivity contribution in [1.82, 2.24) is 9.78 Å². The normalized spacial score (nSPS) is 18.4. The number of benzene rings is 2. The van der Waals surface area contributed by atoms with Gasteiger partial charge in [-0.15, -0.1) is 0 Å². The van der Waals surface area contributed by atoms with Gasteiger partial charge in [-0.2, -0.15) is 0 Å². The number of ketones is 1. The van der Waals surface area contributed by atoms with E-state index >= 15 is 0 Å². The Hall–Kier alpha value is -3.54. The SMILES string of the molecule is O=C1CCCC2=C1C(c1ccc(O)cc1)c1c([nH]n(-c3ccccc3)c1=O)N2. The van der Waals surface area contributed by atoms with Gasteiger partial charge in [0.2, 0.25) is 0 Å². The van der Waals surface area contributed by atoms with Crippen LogP contribution in [0.1, 0.15) is 36.3 Å². The quantitative estimate of drug-likeness (QED) is 0.642. The number of phenolic OH excluding ortho intramolecular Hbond substituents is 1. The fraction of sp³-hybridized carbons (Fsp3) is 0.182. The molecule has 140 valence electrons. The fourth-order valence-corrected chi connectivity index (χ4v) is 4.20. The van der Waals surface area contributed by atoms with E-state index in [9.17, 15) is 14.7 Å². The second kappa shape index (κ2) is 6.27. The van der Waals surface area contributed by atoms with Crippen molar-refractivity contribution in [3.05, 3.63) is 87.3 Å². The summed E-state index contributed by atoms with van der Waals surface area (Å²) in [7, 11) is 0. The number of H-pyrrole nitrogens is 1. The number of nitrogens with one attached hydrogen (secondary N) is 2. The zero-order valence-corrected chi connectivity index (χ0v) is 15.1. The number of anilines is 1. The Kier molecular flexibility index (Phi) is 3.72. The van der Waals surface area contributed by atoms with Crippen LogP contribution in [0.15, 0.2) is 70.7 Å². The zero-order valence-electron chi connectivity index (χ0n) is 15.1. The van der Waals surface area contributed by atoms with Crippen LogP contribution in [-0.4, -0.2) is 20.7 Å². The van der Waals surface area contributed by atoms with E-state index in [-0.39, 0.29) is 17.1 Å². The van der Waals surface area contributed by atoms with Crippen LogP contribution in [0.5, 0.6) is 5.75 Å². The van der Waals surface area contributed by atoms with Crippen LogP contribution in [-0.2, 0) is 4.79 Å². The number of carbonyl (C=O) groups excluding carboxylic acids is 1. The first-order valence-corrected chi connectivity index (χ1v) is 9.36. The lowest BCUT2D eigenvalue weighted by molar-refractivity contribution is -0.116. The van der Waals surface area contributed by atoms with Crippen molar-refractivity contribution in [1.29, 1.82) is 0 Å². The Morgan fingerprint density at radius 2 is 1.71 bits per heavy atom. The number of allylic oxidation sites excluding steroid dienone is 2. The van der Waals surface area contributed by atoms with Crippen LogP contribution in [0, 0.1) is 0 Å². The summed E-state index contributed by atoms with van der Waals surface area (Å²) in [5.74, 6) is 0.399. The number of Topliss-reactive ketones (excluding diaryl/α,β-unsaturated/α-hetero) is 1. The Morgan fingerprint density at radius 3 is 2.46 bits per heavy atom. The third-order valence-corrected chi connectivity index (χ3v) is 5.48. The monoisotopic (exact) mass is 373 g/mol. The summed E-state index contributed by atoms with van der Waals surface area (Å²) in [6.07, 6.45) is 2.06. The van der Waals surface area contributed by atoms with Crippen molar-refractivity contribution in [3.8, 4) is 11.4 Å². The summed E-state index contributed by atoms with van der Waals surface area (Å²) >= 11 is 0. The standard InChI is InChI=1S/C22H19N3O3/c26-15-11-9-13(10-12-15)18-19-16(7-4-8-17(19)27)23-21-20(18)22(28)25(24-21)14-5-2-1-3-6-14/h1-3,5-6,9-12,18,23-24,26H,4,7-8H2. The molecule has 1 aliphatic carbocycles. The number of aromatic amines is 1. The van der Waals surface area contributed by atoms with E-state index in [0.29, 0.717) is 23.4 Å². The van der Waals surface area contributed by atoms with Crippen molar-refractivity contribution >= 4 is 11.6 Å². The molecule has 3 N–H and O–H groups in total. The molecule has 2 heterocycles. The highest BCUT2D eigenvalue weighted by Gasteiger charge is 2.38. The van der Waals surface area contributed by atoms with Crippen LogP contribution >= 0.6 is 0 Å². The minimum absolute atomic E-state index is 0.0735. The maximum atomic E-state index is 13.4. The maximum Gasteiger partial charge on any atom is 0.277 e. The minimum Gasteiger partial charge on any atom is -0.508 e. The highest BCUT2D eigenvalue weighted by atomic mass is 16.3. The predicted molar refractivity (Wildman–Crippen MR) is 106 cm³/mol.